The molecule has 1 aromatic heterocycles. The fourth-order valence-electron chi connectivity index (χ4n) is 2.01. The molecule has 0 saturated carbocycles. The van der Waals surface area contributed by atoms with Gasteiger partial charge in [0.2, 0.25) is 5.91 Å². The molecular weight excluding hydrogens is 286 g/mol. The number of carbonyl (C=O) groups is 1. The monoisotopic (exact) mass is 303 g/mol. The maximum absolute atomic E-state index is 12.2. The number of aromatic amines is 1. The lowest BCUT2D eigenvalue weighted by Gasteiger charge is -2.19. The fraction of sp³-hybridized carbons (Fsp3) is 0.267. The normalized spacial score (nSPS) is 10.3. The second kappa shape index (κ2) is 6.75. The maximum atomic E-state index is 12.2. The molecule has 1 aromatic carbocycles. The quantitative estimate of drug-likeness (QED) is 0.855. The van der Waals surface area contributed by atoms with E-state index in [-0.39, 0.29) is 12.5 Å². The summed E-state index contributed by atoms with van der Waals surface area (Å²) < 4.78 is 6.40. The standard InChI is InChI=1S/C15H17N3O4/c1-17(9-11-5-3-4-6-12(11)22-2)14(20)10-18-8-7-13(19)16-15(18)21/h3-8H,9-10H2,1-2H3,(H,16,19,21). The highest BCUT2D eigenvalue weighted by atomic mass is 16.5. The molecule has 0 aliphatic carbocycles. The average Bonchev–Trinajstić information content (AvgIpc) is 2.50. The van der Waals surface area contributed by atoms with Gasteiger partial charge in [-0.1, -0.05) is 18.2 Å². The van der Waals surface area contributed by atoms with Gasteiger partial charge >= 0.3 is 5.69 Å². The SMILES string of the molecule is COc1ccccc1CN(C)C(=O)Cn1ccc(=O)[nH]c1=O. The van der Waals surface area contributed by atoms with Gasteiger partial charge in [-0.05, 0) is 6.07 Å². The second-order valence-electron chi connectivity index (χ2n) is 4.80. The van der Waals surface area contributed by atoms with Crippen molar-refractivity contribution in [1.29, 1.82) is 0 Å². The van der Waals surface area contributed by atoms with Crippen molar-refractivity contribution >= 4 is 5.91 Å². The number of hydrogen-bond donors (Lipinski definition) is 1. The van der Waals surface area contributed by atoms with Crippen LogP contribution in [0.4, 0.5) is 0 Å². The van der Waals surface area contributed by atoms with Crippen LogP contribution in [0.5, 0.6) is 5.75 Å². The molecule has 0 spiro atoms. The Morgan fingerprint density at radius 3 is 2.68 bits per heavy atom. The van der Waals surface area contributed by atoms with E-state index in [4.69, 9.17) is 4.74 Å². The van der Waals surface area contributed by atoms with Gasteiger partial charge in [0.1, 0.15) is 12.3 Å². The Morgan fingerprint density at radius 1 is 1.27 bits per heavy atom. The van der Waals surface area contributed by atoms with Gasteiger partial charge in [0.15, 0.2) is 0 Å². The zero-order valence-electron chi connectivity index (χ0n) is 12.4. The van der Waals surface area contributed by atoms with Gasteiger partial charge in [0.25, 0.3) is 5.56 Å². The minimum atomic E-state index is -0.605. The van der Waals surface area contributed by atoms with Crippen molar-refractivity contribution in [1.82, 2.24) is 14.5 Å². The summed E-state index contributed by atoms with van der Waals surface area (Å²) in [5.74, 6) is 0.448. The highest BCUT2D eigenvalue weighted by Gasteiger charge is 2.13. The Morgan fingerprint density at radius 2 is 2.00 bits per heavy atom. The van der Waals surface area contributed by atoms with Crippen molar-refractivity contribution in [3.63, 3.8) is 0 Å². The first-order valence-corrected chi connectivity index (χ1v) is 6.67. The summed E-state index contributed by atoms with van der Waals surface area (Å²) in [7, 11) is 3.21. The Hall–Kier alpha value is -2.83. The summed E-state index contributed by atoms with van der Waals surface area (Å²) in [4.78, 5) is 38.4. The summed E-state index contributed by atoms with van der Waals surface area (Å²) in [5.41, 5.74) is -0.225. The Labute approximate surface area is 126 Å². The number of para-hydroxylation sites is 1. The predicted molar refractivity (Wildman–Crippen MR) is 80.8 cm³/mol. The van der Waals surface area contributed by atoms with Crippen LogP contribution >= 0.6 is 0 Å². The number of benzene rings is 1. The number of hydrogen-bond acceptors (Lipinski definition) is 4. The van der Waals surface area contributed by atoms with Gasteiger partial charge in [-0.25, -0.2) is 4.79 Å². The molecule has 0 bridgehead atoms. The highest BCUT2D eigenvalue weighted by molar-refractivity contribution is 5.75. The minimum Gasteiger partial charge on any atom is -0.496 e. The van der Waals surface area contributed by atoms with Crippen LogP contribution in [0, 0.1) is 0 Å². The Kier molecular flexibility index (Phi) is 4.77. The van der Waals surface area contributed by atoms with E-state index in [1.165, 1.54) is 17.2 Å². The molecule has 1 amide bonds. The van der Waals surface area contributed by atoms with E-state index in [1.807, 2.05) is 24.3 Å². The largest absolute Gasteiger partial charge is 0.496 e. The van der Waals surface area contributed by atoms with Crippen LogP contribution < -0.4 is 16.0 Å². The van der Waals surface area contributed by atoms with Crippen LogP contribution in [-0.4, -0.2) is 34.5 Å². The summed E-state index contributed by atoms with van der Waals surface area (Å²) in [6, 6.07) is 8.61. The van der Waals surface area contributed by atoms with E-state index < -0.39 is 11.2 Å². The third-order valence-corrected chi connectivity index (χ3v) is 3.23. The van der Waals surface area contributed by atoms with Crippen molar-refractivity contribution in [3.05, 3.63) is 62.9 Å². The van der Waals surface area contributed by atoms with Gasteiger partial charge < -0.3 is 9.64 Å². The predicted octanol–water partition coefficient (Wildman–Crippen LogP) is 0.204. The summed E-state index contributed by atoms with van der Waals surface area (Å²) in [5, 5.41) is 0. The number of methoxy groups -OCH3 is 1. The van der Waals surface area contributed by atoms with E-state index in [1.54, 1.807) is 14.2 Å². The van der Waals surface area contributed by atoms with E-state index >= 15 is 0 Å². The van der Waals surface area contributed by atoms with Crippen molar-refractivity contribution in [2.24, 2.45) is 0 Å². The highest BCUT2D eigenvalue weighted by Crippen LogP contribution is 2.18. The number of rotatable bonds is 5. The number of nitrogens with one attached hydrogen (secondary N) is 1. The van der Waals surface area contributed by atoms with Gasteiger partial charge in [0, 0.05) is 31.4 Å². The molecule has 0 aliphatic heterocycles. The van der Waals surface area contributed by atoms with Gasteiger partial charge in [-0.2, -0.15) is 0 Å². The van der Waals surface area contributed by atoms with Gasteiger partial charge in [-0.15, -0.1) is 0 Å². The van der Waals surface area contributed by atoms with Crippen LogP contribution in [0.25, 0.3) is 0 Å². The average molecular weight is 303 g/mol. The van der Waals surface area contributed by atoms with E-state index in [9.17, 15) is 14.4 Å². The third-order valence-electron chi connectivity index (χ3n) is 3.23. The summed E-state index contributed by atoms with van der Waals surface area (Å²) in [6.07, 6.45) is 1.30. The van der Waals surface area contributed by atoms with Crippen molar-refractivity contribution in [3.8, 4) is 5.75 Å². The molecule has 0 fully saturated rings. The van der Waals surface area contributed by atoms with Crippen LogP contribution in [0.15, 0.2) is 46.1 Å². The lowest BCUT2D eigenvalue weighted by molar-refractivity contribution is -0.131. The number of ether oxygens (including phenoxy) is 1. The number of nitrogens with zero attached hydrogens (tertiary/aromatic N) is 2. The topological polar surface area (TPSA) is 84.4 Å². The summed E-state index contributed by atoms with van der Waals surface area (Å²) >= 11 is 0. The molecule has 7 nitrogen and oxygen atoms in total. The first kappa shape index (κ1) is 15.6. The number of carbonyl (C=O) groups excluding carboxylic acids is 1. The van der Waals surface area contributed by atoms with E-state index in [0.717, 1.165) is 10.1 Å². The molecule has 22 heavy (non-hydrogen) atoms. The third kappa shape index (κ3) is 3.63. The number of aromatic nitrogens is 2. The van der Waals surface area contributed by atoms with Gasteiger partial charge in [0.05, 0.1) is 7.11 Å². The zero-order valence-corrected chi connectivity index (χ0v) is 12.4. The molecule has 1 heterocycles. The number of H-pyrrole nitrogens is 1. The molecule has 116 valence electrons. The lowest BCUT2D eigenvalue weighted by atomic mass is 10.2. The van der Waals surface area contributed by atoms with Crippen LogP contribution in [0.2, 0.25) is 0 Å². The fourth-order valence-corrected chi connectivity index (χ4v) is 2.01. The number of amides is 1. The van der Waals surface area contributed by atoms with E-state index in [2.05, 4.69) is 4.98 Å². The lowest BCUT2D eigenvalue weighted by Crippen LogP contribution is -2.36. The smallest absolute Gasteiger partial charge is 0.328 e. The Balaban J connectivity index is 2.09. The molecule has 0 atom stereocenters. The van der Waals surface area contributed by atoms with Crippen molar-refractivity contribution in [2.45, 2.75) is 13.1 Å². The van der Waals surface area contributed by atoms with E-state index in [0.29, 0.717) is 12.3 Å². The van der Waals surface area contributed by atoms with Crippen LogP contribution in [0.1, 0.15) is 5.56 Å². The van der Waals surface area contributed by atoms with Crippen molar-refractivity contribution < 1.29 is 9.53 Å². The molecule has 1 N–H and O–H groups in total. The Bertz CT molecular complexity index is 779. The molecular formula is C15H17N3O4. The molecule has 0 unspecified atom stereocenters. The number of likely N-dealkylation sites (N-methyl/N-ethyl adjacent to an activating group) is 1. The molecule has 2 aromatic rings. The second-order valence-corrected chi connectivity index (χ2v) is 4.80. The maximum Gasteiger partial charge on any atom is 0.328 e. The molecule has 7 heteroatoms. The first-order chi connectivity index (χ1) is 10.5. The first-order valence-electron chi connectivity index (χ1n) is 6.67. The molecule has 0 radical (unpaired) electrons. The molecule has 2 rings (SSSR count). The molecule has 0 aliphatic rings. The van der Waals surface area contributed by atoms with Crippen molar-refractivity contribution in [2.75, 3.05) is 14.2 Å². The van der Waals surface area contributed by atoms with Crippen LogP contribution in [0.3, 0.4) is 0 Å². The minimum absolute atomic E-state index is 0.138. The summed E-state index contributed by atoms with van der Waals surface area (Å²) in [6.45, 7) is 0.224. The van der Waals surface area contributed by atoms with Crippen LogP contribution in [-0.2, 0) is 17.9 Å². The van der Waals surface area contributed by atoms with Gasteiger partial charge in [-0.3, -0.25) is 19.1 Å². The molecule has 0 saturated heterocycles. The zero-order chi connectivity index (χ0) is 16.1.